The van der Waals surface area contributed by atoms with Gasteiger partial charge in [0, 0.05) is 37.5 Å². The summed E-state index contributed by atoms with van der Waals surface area (Å²) in [5.41, 5.74) is 2.49. The van der Waals surface area contributed by atoms with Crippen LogP contribution in [0.2, 0.25) is 0 Å². The lowest BCUT2D eigenvalue weighted by Gasteiger charge is -2.10. The van der Waals surface area contributed by atoms with Crippen LogP contribution >= 0.6 is 0 Å². The summed E-state index contributed by atoms with van der Waals surface area (Å²) in [5.74, 6) is 2.00. The Bertz CT molecular complexity index is 991. The Morgan fingerprint density at radius 2 is 1.72 bits per heavy atom. The molecule has 0 spiro atoms. The molecule has 0 aliphatic rings. The Morgan fingerprint density at radius 3 is 2.52 bits per heavy atom. The number of rotatable bonds is 4. The van der Waals surface area contributed by atoms with Crippen LogP contribution in [0.3, 0.4) is 0 Å². The van der Waals surface area contributed by atoms with Crippen molar-refractivity contribution in [3.63, 3.8) is 0 Å². The number of nitrogens with zero attached hydrogens (tertiary/aromatic N) is 5. The van der Waals surface area contributed by atoms with E-state index in [2.05, 4.69) is 20.3 Å². The van der Waals surface area contributed by atoms with Gasteiger partial charge in [-0.15, -0.1) is 0 Å². The van der Waals surface area contributed by atoms with Gasteiger partial charge in [-0.1, -0.05) is 40.6 Å². The fourth-order valence-electron chi connectivity index (χ4n) is 2.36. The van der Waals surface area contributed by atoms with Crippen molar-refractivity contribution in [1.29, 1.82) is 0 Å². The topological polar surface area (TPSA) is 81.1 Å². The van der Waals surface area contributed by atoms with Crippen LogP contribution in [0, 0.1) is 0 Å². The molecule has 3 heterocycles. The minimum Gasteiger partial charge on any atom is -0.363 e. The van der Waals surface area contributed by atoms with Gasteiger partial charge in [-0.25, -0.2) is 4.98 Å². The lowest BCUT2D eigenvalue weighted by Crippen LogP contribution is -2.10. The van der Waals surface area contributed by atoms with E-state index in [4.69, 9.17) is 9.05 Å². The smallest absolute Gasteiger partial charge is 0.296 e. The lowest BCUT2D eigenvalue weighted by atomic mass is 10.1. The van der Waals surface area contributed by atoms with Crippen molar-refractivity contribution in [2.75, 3.05) is 19.0 Å². The van der Waals surface area contributed by atoms with Gasteiger partial charge in [-0.3, -0.25) is 0 Å². The molecule has 25 heavy (non-hydrogen) atoms. The molecular weight excluding hydrogens is 318 g/mol. The van der Waals surface area contributed by atoms with E-state index in [0.717, 1.165) is 16.9 Å². The SMILES string of the molecule is CN(C)c1cc(-c2noc(-c3cc(-c4ccccc4)no3)n2)ccn1. The standard InChI is InChI=1S/C18H15N5O2/c1-23(2)16-10-13(8-9-19-16)17-20-18(25-22-17)15-11-14(21-24-15)12-6-4-3-5-7-12/h3-11H,1-2H3. The first-order valence-corrected chi connectivity index (χ1v) is 7.71. The first-order valence-electron chi connectivity index (χ1n) is 7.71. The third-order valence-corrected chi connectivity index (χ3v) is 3.68. The zero-order valence-corrected chi connectivity index (χ0v) is 13.7. The van der Waals surface area contributed by atoms with E-state index in [9.17, 15) is 0 Å². The number of aromatic nitrogens is 4. The van der Waals surface area contributed by atoms with Crippen molar-refractivity contribution >= 4 is 5.82 Å². The van der Waals surface area contributed by atoms with E-state index in [0.29, 0.717) is 17.3 Å². The highest BCUT2D eigenvalue weighted by Crippen LogP contribution is 2.27. The van der Waals surface area contributed by atoms with Crippen LogP contribution in [-0.2, 0) is 0 Å². The molecule has 0 atom stereocenters. The molecule has 124 valence electrons. The molecule has 0 amide bonds. The van der Waals surface area contributed by atoms with Gasteiger partial charge in [0.25, 0.3) is 5.89 Å². The molecule has 0 fully saturated rings. The molecule has 0 N–H and O–H groups in total. The van der Waals surface area contributed by atoms with Crippen LogP contribution in [0.4, 0.5) is 5.82 Å². The molecular formula is C18H15N5O2. The summed E-state index contributed by atoms with van der Waals surface area (Å²) in [5, 5.41) is 8.09. The van der Waals surface area contributed by atoms with Gasteiger partial charge >= 0.3 is 0 Å². The predicted molar refractivity (Wildman–Crippen MR) is 92.8 cm³/mol. The summed E-state index contributed by atoms with van der Waals surface area (Å²) in [6.07, 6.45) is 1.71. The van der Waals surface area contributed by atoms with Crippen LogP contribution in [0.1, 0.15) is 0 Å². The van der Waals surface area contributed by atoms with Gasteiger partial charge in [-0.2, -0.15) is 4.98 Å². The third-order valence-electron chi connectivity index (χ3n) is 3.68. The Labute approximate surface area is 143 Å². The summed E-state index contributed by atoms with van der Waals surface area (Å²) in [6.45, 7) is 0. The molecule has 4 rings (SSSR count). The summed E-state index contributed by atoms with van der Waals surface area (Å²) in [6, 6.07) is 15.3. The highest BCUT2D eigenvalue weighted by Gasteiger charge is 2.16. The van der Waals surface area contributed by atoms with Crippen molar-refractivity contribution in [2.24, 2.45) is 0 Å². The van der Waals surface area contributed by atoms with E-state index >= 15 is 0 Å². The molecule has 4 aromatic rings. The summed E-state index contributed by atoms with van der Waals surface area (Å²) < 4.78 is 10.7. The summed E-state index contributed by atoms with van der Waals surface area (Å²) in [7, 11) is 3.85. The maximum Gasteiger partial charge on any atom is 0.296 e. The molecule has 0 unspecified atom stereocenters. The fourth-order valence-corrected chi connectivity index (χ4v) is 2.36. The van der Waals surface area contributed by atoms with Gasteiger partial charge in [0.2, 0.25) is 11.6 Å². The van der Waals surface area contributed by atoms with Crippen LogP contribution in [0.15, 0.2) is 63.8 Å². The number of anilines is 1. The summed E-state index contributed by atoms with van der Waals surface area (Å²) in [4.78, 5) is 10.6. The second-order valence-electron chi connectivity index (χ2n) is 5.66. The van der Waals surface area contributed by atoms with Gasteiger partial charge in [0.15, 0.2) is 0 Å². The molecule has 3 aromatic heterocycles. The lowest BCUT2D eigenvalue weighted by molar-refractivity contribution is 0.386. The molecule has 0 radical (unpaired) electrons. The van der Waals surface area contributed by atoms with Gasteiger partial charge in [0.1, 0.15) is 11.5 Å². The minimum absolute atomic E-state index is 0.285. The van der Waals surface area contributed by atoms with Gasteiger partial charge in [0.05, 0.1) is 0 Å². The predicted octanol–water partition coefficient (Wildman–Crippen LogP) is 3.52. The number of benzene rings is 1. The van der Waals surface area contributed by atoms with Crippen LogP contribution in [0.25, 0.3) is 34.3 Å². The van der Waals surface area contributed by atoms with E-state index < -0.39 is 0 Å². The average molecular weight is 333 g/mol. The molecule has 0 aliphatic carbocycles. The first-order chi connectivity index (χ1) is 12.2. The highest BCUT2D eigenvalue weighted by molar-refractivity contribution is 5.65. The second kappa shape index (κ2) is 6.20. The van der Waals surface area contributed by atoms with Crippen LogP contribution in [-0.4, -0.2) is 34.4 Å². The first kappa shape index (κ1) is 15.1. The molecule has 7 heteroatoms. The maximum atomic E-state index is 5.35. The molecule has 7 nitrogen and oxygen atoms in total. The molecule has 1 aromatic carbocycles. The molecule has 0 aliphatic heterocycles. The van der Waals surface area contributed by atoms with Crippen molar-refractivity contribution < 1.29 is 9.05 Å². The second-order valence-corrected chi connectivity index (χ2v) is 5.66. The van der Waals surface area contributed by atoms with E-state index in [1.807, 2.05) is 61.5 Å². The van der Waals surface area contributed by atoms with E-state index in [1.54, 1.807) is 12.3 Å². The molecule has 0 saturated heterocycles. The summed E-state index contributed by atoms with van der Waals surface area (Å²) >= 11 is 0. The minimum atomic E-state index is 0.285. The van der Waals surface area contributed by atoms with Gasteiger partial charge < -0.3 is 13.9 Å². The van der Waals surface area contributed by atoms with Crippen molar-refractivity contribution in [1.82, 2.24) is 20.3 Å². The van der Waals surface area contributed by atoms with Crippen LogP contribution in [0.5, 0.6) is 0 Å². The van der Waals surface area contributed by atoms with Crippen molar-refractivity contribution in [3.8, 4) is 34.3 Å². The Balaban J connectivity index is 1.64. The zero-order valence-electron chi connectivity index (χ0n) is 13.7. The van der Waals surface area contributed by atoms with E-state index in [1.165, 1.54) is 0 Å². The normalized spacial score (nSPS) is 10.8. The molecule has 0 bridgehead atoms. The van der Waals surface area contributed by atoms with Gasteiger partial charge in [-0.05, 0) is 12.1 Å². The zero-order chi connectivity index (χ0) is 17.2. The Morgan fingerprint density at radius 1 is 0.880 bits per heavy atom. The Hall–Kier alpha value is -3.48. The highest BCUT2D eigenvalue weighted by atomic mass is 16.5. The quantitative estimate of drug-likeness (QED) is 0.565. The fraction of sp³-hybridized carbons (Fsp3) is 0.111. The van der Waals surface area contributed by atoms with Crippen molar-refractivity contribution in [2.45, 2.75) is 0 Å². The monoisotopic (exact) mass is 333 g/mol. The maximum absolute atomic E-state index is 5.35. The number of hydrogen-bond acceptors (Lipinski definition) is 7. The van der Waals surface area contributed by atoms with E-state index in [-0.39, 0.29) is 5.89 Å². The number of pyridine rings is 1. The average Bonchev–Trinajstić information content (AvgIpc) is 3.32. The van der Waals surface area contributed by atoms with Crippen molar-refractivity contribution in [3.05, 3.63) is 54.7 Å². The Kier molecular flexibility index (Phi) is 3.74. The largest absolute Gasteiger partial charge is 0.363 e. The molecule has 0 saturated carbocycles. The third kappa shape index (κ3) is 2.99. The number of hydrogen-bond donors (Lipinski definition) is 0. The van der Waals surface area contributed by atoms with Crippen LogP contribution < -0.4 is 4.90 Å².